The fourth-order valence-corrected chi connectivity index (χ4v) is 3.83. The van der Waals surface area contributed by atoms with E-state index in [1.54, 1.807) is 24.3 Å². The predicted molar refractivity (Wildman–Crippen MR) is 119 cm³/mol. The average Bonchev–Trinajstić information content (AvgIpc) is 2.80. The van der Waals surface area contributed by atoms with E-state index in [1.165, 1.54) is 30.3 Å². The van der Waals surface area contributed by atoms with Crippen molar-refractivity contribution in [1.29, 1.82) is 0 Å². The summed E-state index contributed by atoms with van der Waals surface area (Å²) in [7, 11) is 0. The van der Waals surface area contributed by atoms with E-state index in [1.807, 2.05) is 0 Å². The molecule has 34 heavy (non-hydrogen) atoms. The van der Waals surface area contributed by atoms with E-state index in [0.29, 0.717) is 18.4 Å². The van der Waals surface area contributed by atoms with Crippen LogP contribution in [0.1, 0.15) is 30.4 Å². The summed E-state index contributed by atoms with van der Waals surface area (Å²) < 4.78 is 23.9. The van der Waals surface area contributed by atoms with Crippen molar-refractivity contribution in [2.24, 2.45) is 0 Å². The number of carboxylic acid groups (broad SMARTS) is 1. The quantitative estimate of drug-likeness (QED) is 0.247. The van der Waals surface area contributed by atoms with Crippen molar-refractivity contribution in [2.45, 2.75) is 49.6 Å². The van der Waals surface area contributed by atoms with Gasteiger partial charge in [0.25, 0.3) is 0 Å². The molecule has 0 radical (unpaired) electrons. The maximum Gasteiger partial charge on any atom is 0.336 e. The van der Waals surface area contributed by atoms with E-state index >= 15 is 0 Å². The van der Waals surface area contributed by atoms with Crippen LogP contribution in [0.2, 0.25) is 0 Å². The Labute approximate surface area is 195 Å². The van der Waals surface area contributed by atoms with Crippen LogP contribution in [-0.4, -0.2) is 62.9 Å². The van der Waals surface area contributed by atoms with E-state index in [2.05, 4.69) is 0 Å². The van der Waals surface area contributed by atoms with Gasteiger partial charge in [0.15, 0.2) is 5.60 Å². The van der Waals surface area contributed by atoms with Crippen LogP contribution in [0.25, 0.3) is 6.08 Å². The number of aliphatic hydroxyl groups is 2. The molecule has 2 aromatic rings. The first-order valence-electron chi connectivity index (χ1n) is 10.8. The molecule has 3 rings (SSSR count). The molecule has 0 amide bonds. The Balaban J connectivity index is 1.61. The molecule has 0 saturated heterocycles. The molecule has 9 heteroatoms. The third-order valence-corrected chi connectivity index (χ3v) is 5.71. The fraction of sp³-hybridized carbons (Fsp3) is 0.360. The molecule has 1 aliphatic rings. The Kier molecular flexibility index (Phi) is 8.38. The highest BCUT2D eigenvalue weighted by Gasteiger charge is 2.52. The zero-order chi connectivity index (χ0) is 24.7. The Morgan fingerprint density at radius 3 is 2.38 bits per heavy atom. The Morgan fingerprint density at radius 2 is 1.74 bits per heavy atom. The van der Waals surface area contributed by atoms with Crippen LogP contribution in [-0.2, 0) is 25.5 Å². The number of rotatable bonds is 9. The lowest BCUT2D eigenvalue weighted by molar-refractivity contribution is -0.207. The fourth-order valence-electron chi connectivity index (χ4n) is 3.83. The summed E-state index contributed by atoms with van der Waals surface area (Å²) in [6, 6.07) is 12.0. The van der Waals surface area contributed by atoms with Gasteiger partial charge in [-0.2, -0.15) is 0 Å². The van der Waals surface area contributed by atoms with Crippen molar-refractivity contribution >= 4 is 18.0 Å². The predicted octanol–water partition coefficient (Wildman–Crippen LogP) is 2.44. The van der Waals surface area contributed by atoms with Crippen molar-refractivity contribution in [2.75, 3.05) is 6.61 Å². The second-order valence-corrected chi connectivity index (χ2v) is 8.24. The highest BCUT2D eigenvalue weighted by atomic mass is 19.1. The molecular weight excluding hydrogens is 447 g/mol. The number of benzene rings is 2. The van der Waals surface area contributed by atoms with Crippen LogP contribution in [0.5, 0.6) is 5.75 Å². The third kappa shape index (κ3) is 6.63. The standard InChI is InChI=1S/C25H27FO8/c26-18-8-3-16(4-9-18)2-1-13-33-25(24(31)32)14-20(28)23(30)21(15-25)34-22(29)12-7-17-5-10-19(27)11-6-17/h3-12,20-21,23,27-28,30H,1-2,13-15H2,(H,31,32)/t20-,21+,23+,25-/m0/s1. The first kappa shape index (κ1) is 25.4. The van der Waals surface area contributed by atoms with Crippen LogP contribution in [0.4, 0.5) is 4.39 Å². The average molecular weight is 474 g/mol. The van der Waals surface area contributed by atoms with Crippen LogP contribution in [0.15, 0.2) is 54.6 Å². The maximum atomic E-state index is 13.0. The topological polar surface area (TPSA) is 134 Å². The molecule has 0 aromatic heterocycles. The summed E-state index contributed by atoms with van der Waals surface area (Å²) in [4.78, 5) is 24.3. The third-order valence-electron chi connectivity index (χ3n) is 5.71. The van der Waals surface area contributed by atoms with Crippen molar-refractivity contribution < 1.29 is 43.9 Å². The summed E-state index contributed by atoms with van der Waals surface area (Å²) in [6.07, 6.45) is -1.43. The lowest BCUT2D eigenvalue weighted by Gasteiger charge is -2.41. The second kappa shape index (κ2) is 11.2. The lowest BCUT2D eigenvalue weighted by atomic mass is 9.79. The second-order valence-electron chi connectivity index (χ2n) is 8.24. The highest BCUT2D eigenvalue weighted by molar-refractivity contribution is 5.87. The van der Waals surface area contributed by atoms with Gasteiger partial charge in [-0.05, 0) is 54.3 Å². The number of aromatic hydroxyl groups is 1. The number of carboxylic acids is 1. The number of esters is 1. The van der Waals surface area contributed by atoms with Gasteiger partial charge in [-0.15, -0.1) is 0 Å². The van der Waals surface area contributed by atoms with Gasteiger partial charge in [-0.25, -0.2) is 14.0 Å². The van der Waals surface area contributed by atoms with Gasteiger partial charge < -0.3 is 29.9 Å². The van der Waals surface area contributed by atoms with E-state index in [4.69, 9.17) is 9.47 Å². The number of hydrogen-bond acceptors (Lipinski definition) is 7. The van der Waals surface area contributed by atoms with Gasteiger partial charge >= 0.3 is 11.9 Å². The number of halogens is 1. The number of aliphatic carboxylic acids is 1. The normalized spacial score (nSPS) is 24.7. The maximum absolute atomic E-state index is 13.0. The minimum Gasteiger partial charge on any atom is -0.508 e. The molecule has 1 aliphatic carbocycles. The number of hydrogen-bond donors (Lipinski definition) is 4. The van der Waals surface area contributed by atoms with E-state index in [0.717, 1.165) is 11.6 Å². The minimum absolute atomic E-state index is 0.0356. The minimum atomic E-state index is -1.84. The number of aliphatic hydroxyl groups excluding tert-OH is 2. The highest BCUT2D eigenvalue weighted by Crippen LogP contribution is 2.35. The number of ether oxygens (including phenoxy) is 2. The summed E-state index contributed by atoms with van der Waals surface area (Å²) in [5.41, 5.74) is -0.364. The van der Waals surface area contributed by atoms with Crippen molar-refractivity contribution in [3.63, 3.8) is 0 Å². The summed E-state index contributed by atoms with van der Waals surface area (Å²) in [5.74, 6) is -2.44. The molecule has 182 valence electrons. The molecule has 4 N–H and O–H groups in total. The largest absolute Gasteiger partial charge is 0.508 e. The number of carbonyl (C=O) groups excluding carboxylic acids is 1. The van der Waals surface area contributed by atoms with E-state index < -0.39 is 35.9 Å². The van der Waals surface area contributed by atoms with Crippen LogP contribution >= 0.6 is 0 Å². The molecule has 4 atom stereocenters. The molecule has 1 fully saturated rings. The molecule has 0 heterocycles. The summed E-state index contributed by atoms with van der Waals surface area (Å²) >= 11 is 0. The van der Waals surface area contributed by atoms with Crippen LogP contribution < -0.4 is 0 Å². The summed E-state index contributed by atoms with van der Waals surface area (Å²) in [5, 5.41) is 39.7. The number of phenols is 1. The number of aryl methyl sites for hydroxylation is 1. The lowest BCUT2D eigenvalue weighted by Crippen LogP contribution is -2.58. The number of phenolic OH excluding ortho intramolecular Hbond substituents is 1. The first-order chi connectivity index (χ1) is 16.2. The first-order valence-corrected chi connectivity index (χ1v) is 10.8. The van der Waals surface area contributed by atoms with Gasteiger partial charge in [-0.3, -0.25) is 0 Å². The Bertz CT molecular complexity index is 1000. The zero-order valence-electron chi connectivity index (χ0n) is 18.3. The van der Waals surface area contributed by atoms with Crippen molar-refractivity contribution in [3.8, 4) is 5.75 Å². The van der Waals surface area contributed by atoms with Gasteiger partial charge in [-0.1, -0.05) is 24.3 Å². The van der Waals surface area contributed by atoms with Gasteiger partial charge in [0.2, 0.25) is 0 Å². The van der Waals surface area contributed by atoms with Gasteiger partial charge in [0.05, 0.1) is 6.10 Å². The monoisotopic (exact) mass is 474 g/mol. The van der Waals surface area contributed by atoms with Crippen molar-refractivity contribution in [1.82, 2.24) is 0 Å². The molecule has 0 spiro atoms. The van der Waals surface area contributed by atoms with Crippen LogP contribution in [0.3, 0.4) is 0 Å². The van der Waals surface area contributed by atoms with Gasteiger partial charge in [0, 0.05) is 25.5 Å². The van der Waals surface area contributed by atoms with Crippen molar-refractivity contribution in [3.05, 3.63) is 71.6 Å². The SMILES string of the molecule is O=C(C=Cc1ccc(O)cc1)O[C@@H]1C[C@](OCCCc2ccc(F)cc2)(C(=O)O)C[C@H](O)[C@H]1O. The molecule has 8 nitrogen and oxygen atoms in total. The Morgan fingerprint density at radius 1 is 1.06 bits per heavy atom. The molecule has 1 saturated carbocycles. The molecule has 0 bridgehead atoms. The summed E-state index contributed by atoms with van der Waals surface area (Å²) in [6.45, 7) is 0.0356. The Hall–Kier alpha value is -3.27. The molecular formula is C25H27FO8. The molecule has 0 unspecified atom stereocenters. The number of carbonyl (C=O) groups is 2. The van der Waals surface area contributed by atoms with Crippen LogP contribution in [0, 0.1) is 5.82 Å². The zero-order valence-corrected chi connectivity index (χ0v) is 18.3. The van der Waals surface area contributed by atoms with E-state index in [-0.39, 0.29) is 31.0 Å². The molecule has 2 aromatic carbocycles. The van der Waals surface area contributed by atoms with E-state index in [9.17, 15) is 34.4 Å². The van der Waals surface area contributed by atoms with Gasteiger partial charge in [0.1, 0.15) is 23.8 Å². The smallest absolute Gasteiger partial charge is 0.336 e. The molecule has 0 aliphatic heterocycles.